The Balaban J connectivity index is 1.77. The van der Waals surface area contributed by atoms with Crippen LogP contribution in [-0.4, -0.2) is 30.0 Å². The van der Waals surface area contributed by atoms with Gasteiger partial charge in [0.2, 0.25) is 0 Å². The van der Waals surface area contributed by atoms with Gasteiger partial charge in [-0.2, -0.15) is 0 Å². The van der Waals surface area contributed by atoms with Crippen LogP contribution in [0.3, 0.4) is 0 Å². The first-order valence-electron chi connectivity index (χ1n) is 7.94. The number of nitrogens with zero attached hydrogens (tertiary/aromatic N) is 1. The molecule has 0 saturated heterocycles. The van der Waals surface area contributed by atoms with Gasteiger partial charge in [-0.1, -0.05) is 0 Å². The number of hydrogen-bond acceptors (Lipinski definition) is 6. The Morgan fingerprint density at radius 3 is 2.67 bits per heavy atom. The molecule has 1 aromatic heterocycles. The number of carbonyl (C=O) groups is 2. The summed E-state index contributed by atoms with van der Waals surface area (Å²) in [5, 5.41) is 0.747. The first-order chi connectivity index (χ1) is 11.6. The number of Topliss-reactive ketones (excluding diaryl/α,β-unsaturated/α-hetero) is 1. The molecule has 3 rings (SSSR count). The van der Waals surface area contributed by atoms with Crippen molar-refractivity contribution < 1.29 is 19.1 Å². The number of hydrogen-bond donors (Lipinski definition) is 0. The van der Waals surface area contributed by atoms with E-state index in [-0.39, 0.29) is 5.78 Å². The fraction of sp³-hybridized carbons (Fsp3) is 0.389. The molecule has 0 aliphatic heterocycles. The second kappa shape index (κ2) is 7.13. The van der Waals surface area contributed by atoms with E-state index >= 15 is 0 Å². The van der Waals surface area contributed by atoms with Crippen molar-refractivity contribution in [2.45, 2.75) is 38.7 Å². The predicted molar refractivity (Wildman–Crippen MR) is 91.5 cm³/mol. The van der Waals surface area contributed by atoms with Crippen LogP contribution in [0.4, 0.5) is 0 Å². The second-order valence-electron chi connectivity index (χ2n) is 5.77. The van der Waals surface area contributed by atoms with Crippen molar-refractivity contribution in [3.8, 4) is 16.3 Å². The first kappa shape index (κ1) is 16.6. The van der Waals surface area contributed by atoms with Gasteiger partial charge in [0.05, 0.1) is 12.8 Å². The SMILES string of the molecule is COc1ccc(-c2nc(C)c(C(=O)O[C@@H]3CCCCC3=O)s2)cc1. The number of ketones is 1. The van der Waals surface area contributed by atoms with Crippen LogP contribution in [0.5, 0.6) is 5.75 Å². The maximum Gasteiger partial charge on any atom is 0.350 e. The van der Waals surface area contributed by atoms with E-state index < -0.39 is 12.1 Å². The number of benzene rings is 1. The fourth-order valence-corrected chi connectivity index (χ4v) is 3.66. The Bertz CT molecular complexity index is 751. The number of methoxy groups -OCH3 is 1. The standard InChI is InChI=1S/C18H19NO4S/c1-11-16(18(21)23-15-6-4-3-5-14(15)20)24-17(19-11)12-7-9-13(22-2)10-8-12/h7-10,15H,3-6H2,1-2H3/t15-/m1/s1. The van der Waals surface area contributed by atoms with E-state index in [2.05, 4.69) is 4.98 Å². The van der Waals surface area contributed by atoms with E-state index in [9.17, 15) is 9.59 Å². The molecule has 0 N–H and O–H groups in total. The molecule has 126 valence electrons. The molecule has 24 heavy (non-hydrogen) atoms. The molecule has 1 fully saturated rings. The molecule has 0 bridgehead atoms. The molecule has 1 aromatic carbocycles. The van der Waals surface area contributed by atoms with Crippen molar-refractivity contribution in [2.75, 3.05) is 7.11 Å². The van der Waals surface area contributed by atoms with Gasteiger partial charge in [0.25, 0.3) is 0 Å². The summed E-state index contributed by atoms with van der Waals surface area (Å²) in [5.41, 5.74) is 1.54. The Kier molecular flexibility index (Phi) is 4.94. The summed E-state index contributed by atoms with van der Waals surface area (Å²) in [5.74, 6) is 0.333. The minimum Gasteiger partial charge on any atom is -0.497 e. The average Bonchev–Trinajstić information content (AvgIpc) is 2.99. The summed E-state index contributed by atoms with van der Waals surface area (Å²) in [7, 11) is 1.61. The van der Waals surface area contributed by atoms with Crippen molar-refractivity contribution in [1.82, 2.24) is 4.98 Å². The highest BCUT2D eigenvalue weighted by atomic mass is 32.1. The zero-order chi connectivity index (χ0) is 17.1. The monoisotopic (exact) mass is 345 g/mol. The van der Waals surface area contributed by atoms with Gasteiger partial charge in [0, 0.05) is 12.0 Å². The minimum absolute atomic E-state index is 0.0205. The number of thiazole rings is 1. The average molecular weight is 345 g/mol. The first-order valence-corrected chi connectivity index (χ1v) is 8.75. The molecule has 0 radical (unpaired) electrons. The van der Waals surface area contributed by atoms with Crippen LogP contribution in [0.2, 0.25) is 0 Å². The van der Waals surface area contributed by atoms with Gasteiger partial charge in [-0.15, -0.1) is 11.3 Å². The minimum atomic E-state index is -0.600. The molecule has 6 heteroatoms. The molecule has 1 atom stereocenters. The third kappa shape index (κ3) is 3.48. The summed E-state index contributed by atoms with van der Waals surface area (Å²) in [6, 6.07) is 7.50. The van der Waals surface area contributed by atoms with Gasteiger partial charge in [-0.3, -0.25) is 4.79 Å². The lowest BCUT2D eigenvalue weighted by atomic mass is 9.96. The molecular weight excluding hydrogens is 326 g/mol. The van der Waals surface area contributed by atoms with Gasteiger partial charge >= 0.3 is 5.97 Å². The third-order valence-corrected chi connectivity index (χ3v) is 5.25. The van der Waals surface area contributed by atoms with Crippen molar-refractivity contribution in [3.05, 3.63) is 34.8 Å². The van der Waals surface area contributed by atoms with Crippen LogP contribution in [0.1, 0.15) is 41.0 Å². The van der Waals surface area contributed by atoms with Gasteiger partial charge in [0.15, 0.2) is 11.9 Å². The molecule has 1 aliphatic carbocycles. The molecule has 1 saturated carbocycles. The Morgan fingerprint density at radius 1 is 1.25 bits per heavy atom. The lowest BCUT2D eigenvalue weighted by Gasteiger charge is -2.20. The molecule has 0 unspecified atom stereocenters. The maximum atomic E-state index is 12.4. The van der Waals surface area contributed by atoms with Crippen LogP contribution in [-0.2, 0) is 9.53 Å². The third-order valence-electron chi connectivity index (χ3n) is 4.07. The maximum absolute atomic E-state index is 12.4. The predicted octanol–water partition coefficient (Wildman–Crippen LogP) is 3.80. The van der Waals surface area contributed by atoms with E-state index in [4.69, 9.17) is 9.47 Å². The summed E-state index contributed by atoms with van der Waals surface area (Å²) >= 11 is 1.29. The van der Waals surface area contributed by atoms with Gasteiger partial charge in [-0.05, 0) is 50.5 Å². The summed E-state index contributed by atoms with van der Waals surface area (Å²) < 4.78 is 10.6. The van der Waals surface area contributed by atoms with Crippen molar-refractivity contribution in [2.24, 2.45) is 0 Å². The largest absolute Gasteiger partial charge is 0.497 e. The summed E-state index contributed by atoms with van der Waals surface area (Å²) in [4.78, 5) is 29.2. The van der Waals surface area contributed by atoms with Crippen LogP contribution >= 0.6 is 11.3 Å². The topological polar surface area (TPSA) is 65.5 Å². The highest BCUT2D eigenvalue weighted by molar-refractivity contribution is 7.17. The molecule has 1 aliphatic rings. The van der Waals surface area contributed by atoms with Crippen molar-refractivity contribution in [1.29, 1.82) is 0 Å². The van der Waals surface area contributed by atoms with Crippen LogP contribution in [0.25, 0.3) is 10.6 Å². The van der Waals surface area contributed by atoms with E-state index in [1.165, 1.54) is 11.3 Å². The number of aromatic nitrogens is 1. The van der Waals surface area contributed by atoms with Crippen LogP contribution in [0.15, 0.2) is 24.3 Å². The number of aryl methyl sites for hydroxylation is 1. The van der Waals surface area contributed by atoms with Gasteiger partial charge < -0.3 is 9.47 Å². The quantitative estimate of drug-likeness (QED) is 0.789. The molecular formula is C18H19NO4S. The van der Waals surface area contributed by atoms with Crippen LogP contribution in [0, 0.1) is 6.92 Å². The molecule has 0 spiro atoms. The number of esters is 1. The Labute approximate surface area is 144 Å². The number of carbonyl (C=O) groups excluding carboxylic acids is 2. The highest BCUT2D eigenvalue weighted by Gasteiger charge is 2.28. The van der Waals surface area contributed by atoms with Gasteiger partial charge in [0.1, 0.15) is 15.6 Å². The van der Waals surface area contributed by atoms with Crippen LogP contribution < -0.4 is 4.74 Å². The molecule has 1 heterocycles. The molecule has 5 nitrogen and oxygen atoms in total. The molecule has 2 aromatic rings. The number of rotatable bonds is 4. The van der Waals surface area contributed by atoms with Crippen molar-refractivity contribution >= 4 is 23.1 Å². The van der Waals surface area contributed by atoms with E-state index in [1.54, 1.807) is 14.0 Å². The second-order valence-corrected chi connectivity index (χ2v) is 6.77. The lowest BCUT2D eigenvalue weighted by molar-refractivity contribution is -0.129. The highest BCUT2D eigenvalue weighted by Crippen LogP contribution is 2.30. The van der Waals surface area contributed by atoms with Gasteiger partial charge in [-0.25, -0.2) is 9.78 Å². The Hall–Kier alpha value is -2.21. The zero-order valence-electron chi connectivity index (χ0n) is 13.7. The smallest absolute Gasteiger partial charge is 0.350 e. The van der Waals surface area contributed by atoms with Crippen molar-refractivity contribution in [3.63, 3.8) is 0 Å². The number of ether oxygens (including phenoxy) is 2. The molecule has 0 amide bonds. The Morgan fingerprint density at radius 2 is 2.00 bits per heavy atom. The summed E-state index contributed by atoms with van der Waals surface area (Å²) in [6.45, 7) is 1.78. The lowest BCUT2D eigenvalue weighted by Crippen LogP contribution is -2.30. The van der Waals surface area contributed by atoms with E-state index in [0.717, 1.165) is 29.2 Å². The zero-order valence-corrected chi connectivity index (χ0v) is 14.5. The van der Waals surface area contributed by atoms with E-state index in [0.29, 0.717) is 23.4 Å². The fourth-order valence-electron chi connectivity index (χ4n) is 2.70. The van der Waals surface area contributed by atoms with E-state index in [1.807, 2.05) is 24.3 Å². The normalized spacial score (nSPS) is 17.6. The summed E-state index contributed by atoms with van der Waals surface area (Å²) in [6.07, 6.45) is 2.32.